The highest BCUT2D eigenvalue weighted by Crippen LogP contribution is 2.19. The van der Waals surface area contributed by atoms with Crippen molar-refractivity contribution in [3.63, 3.8) is 0 Å². The van der Waals surface area contributed by atoms with E-state index in [4.69, 9.17) is 9.73 Å². The van der Waals surface area contributed by atoms with Gasteiger partial charge in [0.1, 0.15) is 0 Å². The molecule has 0 spiro atoms. The van der Waals surface area contributed by atoms with E-state index in [1.54, 1.807) is 12.1 Å². The molecule has 0 saturated carbocycles. The maximum Gasteiger partial charge on any atom is 0.309 e. The summed E-state index contributed by atoms with van der Waals surface area (Å²) in [5.41, 5.74) is 0.997. The Kier molecular flexibility index (Phi) is 8.71. The molecule has 1 aromatic carbocycles. The van der Waals surface area contributed by atoms with E-state index in [1.807, 2.05) is 6.92 Å². The van der Waals surface area contributed by atoms with E-state index >= 15 is 0 Å². The molecular formula is C20H30N4O4. The number of carbonyl (C=O) groups excluding carboxylic acids is 1. The maximum absolute atomic E-state index is 11.9. The van der Waals surface area contributed by atoms with Crippen LogP contribution in [0.25, 0.3) is 0 Å². The minimum Gasteiger partial charge on any atom is -0.466 e. The molecule has 1 N–H and O–H groups in total. The Morgan fingerprint density at radius 2 is 1.96 bits per heavy atom. The number of non-ortho nitro benzene ring substituents is 1. The molecule has 0 aliphatic carbocycles. The van der Waals surface area contributed by atoms with Crippen LogP contribution in [0.1, 0.15) is 45.1 Å². The summed E-state index contributed by atoms with van der Waals surface area (Å²) in [6, 6.07) is 6.47. The van der Waals surface area contributed by atoms with Crippen molar-refractivity contribution in [2.45, 2.75) is 46.1 Å². The zero-order chi connectivity index (χ0) is 20.4. The van der Waals surface area contributed by atoms with Crippen LogP contribution in [-0.4, -0.2) is 48.0 Å². The van der Waals surface area contributed by atoms with E-state index in [-0.39, 0.29) is 17.6 Å². The number of nitrogens with zero attached hydrogens (tertiary/aromatic N) is 3. The number of unbranched alkanes of at least 4 members (excludes halogenated alkanes) is 1. The van der Waals surface area contributed by atoms with Gasteiger partial charge in [-0.15, -0.1) is 0 Å². The molecule has 0 unspecified atom stereocenters. The molecule has 154 valence electrons. The number of carbonyl (C=O) groups is 1. The van der Waals surface area contributed by atoms with Gasteiger partial charge in [0.25, 0.3) is 5.69 Å². The Hall–Kier alpha value is -2.64. The first kappa shape index (κ1) is 21.7. The summed E-state index contributed by atoms with van der Waals surface area (Å²) in [5.74, 6) is 0.683. The second-order valence-electron chi connectivity index (χ2n) is 6.86. The van der Waals surface area contributed by atoms with Crippen molar-refractivity contribution in [3.8, 4) is 0 Å². The number of hydrogen-bond donors (Lipinski definition) is 1. The van der Waals surface area contributed by atoms with E-state index < -0.39 is 4.92 Å². The largest absolute Gasteiger partial charge is 0.466 e. The molecule has 1 aromatic rings. The lowest BCUT2D eigenvalue weighted by Gasteiger charge is -2.33. The van der Waals surface area contributed by atoms with E-state index in [9.17, 15) is 14.9 Å². The Labute approximate surface area is 166 Å². The third-order valence-electron chi connectivity index (χ3n) is 4.79. The number of rotatable bonds is 8. The summed E-state index contributed by atoms with van der Waals surface area (Å²) in [7, 11) is 0. The highest BCUT2D eigenvalue weighted by molar-refractivity contribution is 5.80. The Balaban J connectivity index is 1.99. The van der Waals surface area contributed by atoms with E-state index in [1.165, 1.54) is 12.1 Å². The molecule has 1 fully saturated rings. The second kappa shape index (κ2) is 11.3. The molecule has 2 rings (SSSR count). The van der Waals surface area contributed by atoms with E-state index in [0.29, 0.717) is 13.2 Å². The van der Waals surface area contributed by atoms with Crippen molar-refractivity contribution in [2.75, 3.05) is 26.2 Å². The fraction of sp³-hybridized carbons (Fsp3) is 0.600. The molecule has 0 aromatic heterocycles. The summed E-state index contributed by atoms with van der Waals surface area (Å²) in [6.45, 7) is 7.18. The highest BCUT2D eigenvalue weighted by Gasteiger charge is 2.27. The molecular weight excluding hydrogens is 360 g/mol. The molecule has 8 heteroatoms. The quantitative estimate of drug-likeness (QED) is 0.183. The third kappa shape index (κ3) is 6.51. The number of likely N-dealkylation sites (tertiary alicyclic amines) is 1. The van der Waals surface area contributed by atoms with Gasteiger partial charge in [0.05, 0.1) is 24.0 Å². The second-order valence-corrected chi connectivity index (χ2v) is 6.86. The Morgan fingerprint density at radius 3 is 2.54 bits per heavy atom. The number of nitro groups is 1. The number of esters is 1. The van der Waals surface area contributed by atoms with Gasteiger partial charge in [-0.05, 0) is 31.7 Å². The lowest BCUT2D eigenvalue weighted by molar-refractivity contribution is -0.384. The molecule has 1 heterocycles. The predicted molar refractivity (Wildman–Crippen MR) is 108 cm³/mol. The molecule has 0 radical (unpaired) electrons. The average Bonchev–Trinajstić information content (AvgIpc) is 2.71. The van der Waals surface area contributed by atoms with Crippen molar-refractivity contribution in [2.24, 2.45) is 10.9 Å². The van der Waals surface area contributed by atoms with Gasteiger partial charge in [0.2, 0.25) is 0 Å². The van der Waals surface area contributed by atoms with Crippen LogP contribution < -0.4 is 5.32 Å². The molecule has 1 aliphatic heterocycles. The number of aliphatic imine (C=N–C) groups is 1. The predicted octanol–water partition coefficient (Wildman–Crippen LogP) is 3.12. The van der Waals surface area contributed by atoms with Gasteiger partial charge in [-0.3, -0.25) is 14.9 Å². The maximum atomic E-state index is 11.9. The number of benzene rings is 1. The number of guanidine groups is 1. The average molecular weight is 390 g/mol. The smallest absolute Gasteiger partial charge is 0.309 e. The summed E-state index contributed by atoms with van der Waals surface area (Å²) < 4.78 is 5.14. The van der Waals surface area contributed by atoms with Gasteiger partial charge >= 0.3 is 5.97 Å². The zero-order valence-electron chi connectivity index (χ0n) is 16.7. The first-order chi connectivity index (χ1) is 13.5. The number of piperidine rings is 1. The molecule has 0 bridgehead atoms. The standard InChI is InChI=1S/C20H30N4O4/c1-3-5-12-21-20(22-15-16-6-8-18(9-7-16)24(26)27)23-13-10-17(11-14-23)19(25)28-4-2/h6-9,17H,3-5,10-15H2,1-2H3,(H,21,22). The zero-order valence-corrected chi connectivity index (χ0v) is 16.7. The molecule has 28 heavy (non-hydrogen) atoms. The van der Waals surface area contributed by atoms with Gasteiger partial charge in [-0.2, -0.15) is 0 Å². The van der Waals surface area contributed by atoms with Crippen molar-refractivity contribution in [1.29, 1.82) is 0 Å². The third-order valence-corrected chi connectivity index (χ3v) is 4.79. The van der Waals surface area contributed by atoms with Gasteiger partial charge in [0, 0.05) is 31.8 Å². The van der Waals surface area contributed by atoms with Crippen LogP contribution in [0.5, 0.6) is 0 Å². The molecule has 8 nitrogen and oxygen atoms in total. The Morgan fingerprint density at radius 1 is 1.29 bits per heavy atom. The highest BCUT2D eigenvalue weighted by atomic mass is 16.6. The van der Waals surface area contributed by atoms with Crippen LogP contribution in [0.4, 0.5) is 5.69 Å². The lowest BCUT2D eigenvalue weighted by Crippen LogP contribution is -2.47. The van der Waals surface area contributed by atoms with Crippen molar-refractivity contribution in [1.82, 2.24) is 10.2 Å². The summed E-state index contributed by atoms with van der Waals surface area (Å²) >= 11 is 0. The van der Waals surface area contributed by atoms with Crippen LogP contribution in [0.2, 0.25) is 0 Å². The first-order valence-corrected chi connectivity index (χ1v) is 9.98. The monoisotopic (exact) mass is 390 g/mol. The van der Waals surface area contributed by atoms with Crippen molar-refractivity contribution >= 4 is 17.6 Å². The van der Waals surface area contributed by atoms with Gasteiger partial charge in [-0.25, -0.2) is 4.99 Å². The lowest BCUT2D eigenvalue weighted by atomic mass is 9.97. The van der Waals surface area contributed by atoms with Gasteiger partial charge in [0.15, 0.2) is 5.96 Å². The van der Waals surface area contributed by atoms with Crippen molar-refractivity contribution in [3.05, 3.63) is 39.9 Å². The minimum absolute atomic E-state index is 0.0391. The fourth-order valence-corrected chi connectivity index (χ4v) is 3.12. The van der Waals surface area contributed by atoms with E-state index in [0.717, 1.165) is 56.8 Å². The molecule has 1 aliphatic rings. The van der Waals surface area contributed by atoms with Crippen LogP contribution in [0.15, 0.2) is 29.3 Å². The summed E-state index contributed by atoms with van der Waals surface area (Å²) in [5, 5.41) is 14.2. The van der Waals surface area contributed by atoms with Crippen LogP contribution in [0.3, 0.4) is 0 Å². The fourth-order valence-electron chi connectivity index (χ4n) is 3.12. The van der Waals surface area contributed by atoms with Gasteiger partial charge < -0.3 is 15.0 Å². The van der Waals surface area contributed by atoms with E-state index in [2.05, 4.69) is 17.1 Å². The van der Waals surface area contributed by atoms with Crippen LogP contribution in [0, 0.1) is 16.0 Å². The number of nitrogens with one attached hydrogen (secondary N) is 1. The summed E-state index contributed by atoms with van der Waals surface area (Å²) in [4.78, 5) is 29.2. The topological polar surface area (TPSA) is 97.1 Å². The normalized spacial score (nSPS) is 15.4. The molecule has 0 amide bonds. The van der Waals surface area contributed by atoms with Crippen LogP contribution >= 0.6 is 0 Å². The summed E-state index contributed by atoms with van der Waals surface area (Å²) in [6.07, 6.45) is 3.65. The SMILES string of the molecule is CCCCNC(=NCc1ccc([N+](=O)[O-])cc1)N1CCC(C(=O)OCC)CC1. The first-order valence-electron chi connectivity index (χ1n) is 9.98. The number of nitro benzene ring substituents is 1. The molecule has 1 saturated heterocycles. The van der Waals surface area contributed by atoms with Crippen molar-refractivity contribution < 1.29 is 14.5 Å². The number of ether oxygens (including phenoxy) is 1. The number of hydrogen-bond acceptors (Lipinski definition) is 5. The molecule has 0 atom stereocenters. The Bertz CT molecular complexity index is 667. The minimum atomic E-state index is -0.404. The van der Waals surface area contributed by atoms with Crippen LogP contribution in [-0.2, 0) is 16.1 Å². The van der Waals surface area contributed by atoms with Gasteiger partial charge in [-0.1, -0.05) is 25.5 Å².